The van der Waals surface area contributed by atoms with Crippen molar-refractivity contribution < 1.29 is 26.7 Å². The van der Waals surface area contributed by atoms with Crippen LogP contribution in [0.25, 0.3) is 10.8 Å². The van der Waals surface area contributed by atoms with E-state index in [1.54, 1.807) is 6.07 Å². The molecule has 0 saturated carbocycles. The molecule has 0 amide bonds. The van der Waals surface area contributed by atoms with Gasteiger partial charge in [-0.25, -0.2) is 8.42 Å². The van der Waals surface area contributed by atoms with Crippen LogP contribution in [0.5, 0.6) is 5.75 Å². The average molecular weight is 311 g/mol. The standard InChI is InChI=1S/C11H6ClF3O3S/c12-9-7-4-2-1-3-6(7)5-8(10(9)16)19(17,18)11(13,14)15/h1-5,16H. The van der Waals surface area contributed by atoms with Crippen molar-refractivity contribution in [3.8, 4) is 5.75 Å². The summed E-state index contributed by atoms with van der Waals surface area (Å²) in [4.78, 5) is -1.25. The number of hydrogen-bond donors (Lipinski definition) is 1. The summed E-state index contributed by atoms with van der Waals surface area (Å²) in [5.74, 6) is -1.10. The molecule has 0 unspecified atom stereocenters. The van der Waals surface area contributed by atoms with Crippen LogP contribution in [-0.2, 0) is 9.84 Å². The Labute approximate surface area is 111 Å². The van der Waals surface area contributed by atoms with Crippen molar-refractivity contribution in [1.82, 2.24) is 0 Å². The van der Waals surface area contributed by atoms with Gasteiger partial charge in [0, 0.05) is 5.39 Å². The largest absolute Gasteiger partial charge is 0.505 e. The molecule has 0 spiro atoms. The van der Waals surface area contributed by atoms with Crippen LogP contribution in [0.4, 0.5) is 13.2 Å². The molecule has 102 valence electrons. The Morgan fingerprint density at radius 3 is 2.32 bits per heavy atom. The fraction of sp³-hybridized carbons (Fsp3) is 0.0909. The first-order valence-corrected chi connectivity index (χ1v) is 6.74. The molecular weight excluding hydrogens is 305 g/mol. The lowest BCUT2D eigenvalue weighted by Crippen LogP contribution is -2.23. The molecule has 8 heteroatoms. The highest BCUT2D eigenvalue weighted by molar-refractivity contribution is 7.92. The number of halogens is 4. The third-order valence-electron chi connectivity index (χ3n) is 2.52. The average Bonchev–Trinajstić information content (AvgIpc) is 2.32. The molecule has 3 nitrogen and oxygen atoms in total. The van der Waals surface area contributed by atoms with E-state index in [0.717, 1.165) is 6.07 Å². The molecule has 0 radical (unpaired) electrons. The zero-order valence-electron chi connectivity index (χ0n) is 9.07. The van der Waals surface area contributed by atoms with Crippen molar-refractivity contribution >= 4 is 32.2 Å². The van der Waals surface area contributed by atoms with Gasteiger partial charge in [0.25, 0.3) is 9.84 Å². The molecule has 0 saturated heterocycles. The highest BCUT2D eigenvalue weighted by Gasteiger charge is 2.48. The SMILES string of the molecule is O=S(=O)(c1cc2ccccc2c(Cl)c1O)C(F)(F)F. The molecular formula is C11H6ClF3O3S. The Hall–Kier alpha value is -1.47. The Balaban J connectivity index is 2.87. The number of hydrogen-bond acceptors (Lipinski definition) is 3. The number of benzene rings is 2. The van der Waals surface area contributed by atoms with Gasteiger partial charge in [0.05, 0.1) is 5.02 Å². The van der Waals surface area contributed by atoms with Crippen LogP contribution in [0.2, 0.25) is 5.02 Å². The van der Waals surface area contributed by atoms with E-state index in [1.165, 1.54) is 18.2 Å². The maximum Gasteiger partial charge on any atom is 0.502 e. The summed E-state index contributed by atoms with van der Waals surface area (Å²) in [5, 5.41) is 9.61. The minimum Gasteiger partial charge on any atom is -0.505 e. The zero-order chi connectivity index (χ0) is 14.4. The van der Waals surface area contributed by atoms with Crippen molar-refractivity contribution in [2.75, 3.05) is 0 Å². The summed E-state index contributed by atoms with van der Waals surface area (Å²) in [6, 6.07) is 6.68. The van der Waals surface area contributed by atoms with Gasteiger partial charge in [0.15, 0.2) is 5.75 Å². The van der Waals surface area contributed by atoms with Crippen molar-refractivity contribution in [3.63, 3.8) is 0 Å². The van der Waals surface area contributed by atoms with Crippen LogP contribution in [-0.4, -0.2) is 19.0 Å². The predicted octanol–water partition coefficient (Wildman–Crippen LogP) is 3.49. The molecule has 0 heterocycles. The summed E-state index contributed by atoms with van der Waals surface area (Å²) >= 11 is 5.71. The number of sulfone groups is 1. The maximum atomic E-state index is 12.5. The van der Waals surface area contributed by atoms with Gasteiger partial charge in [-0.15, -0.1) is 0 Å². The first-order valence-electron chi connectivity index (χ1n) is 4.88. The number of phenols is 1. The van der Waals surface area contributed by atoms with Gasteiger partial charge in [0.2, 0.25) is 0 Å². The van der Waals surface area contributed by atoms with E-state index in [0.29, 0.717) is 0 Å². The quantitative estimate of drug-likeness (QED) is 0.877. The topological polar surface area (TPSA) is 54.4 Å². The summed E-state index contributed by atoms with van der Waals surface area (Å²) < 4.78 is 60.1. The van der Waals surface area contributed by atoms with Crippen molar-refractivity contribution in [2.24, 2.45) is 0 Å². The molecule has 0 atom stereocenters. The van der Waals surface area contributed by atoms with E-state index in [2.05, 4.69) is 0 Å². The van der Waals surface area contributed by atoms with E-state index < -0.39 is 31.0 Å². The Bertz CT molecular complexity index is 754. The molecule has 0 aliphatic carbocycles. The van der Waals surface area contributed by atoms with Gasteiger partial charge >= 0.3 is 5.51 Å². The smallest absolute Gasteiger partial charge is 0.502 e. The highest BCUT2D eigenvalue weighted by Crippen LogP contribution is 2.42. The summed E-state index contributed by atoms with van der Waals surface area (Å²) in [6.07, 6.45) is 0. The fourth-order valence-electron chi connectivity index (χ4n) is 1.60. The fourth-order valence-corrected chi connectivity index (χ4v) is 2.82. The van der Waals surface area contributed by atoms with E-state index in [9.17, 15) is 26.7 Å². The van der Waals surface area contributed by atoms with E-state index in [1.807, 2.05) is 0 Å². The number of fused-ring (bicyclic) bond motifs is 1. The number of rotatable bonds is 1. The van der Waals surface area contributed by atoms with Crippen LogP contribution in [0.1, 0.15) is 0 Å². The third kappa shape index (κ3) is 2.12. The molecule has 0 aromatic heterocycles. The second-order valence-corrected chi connectivity index (χ2v) is 6.00. The molecule has 2 aromatic carbocycles. The summed E-state index contributed by atoms with van der Waals surface area (Å²) in [7, 11) is -5.66. The molecule has 0 bridgehead atoms. The van der Waals surface area contributed by atoms with Crippen LogP contribution >= 0.6 is 11.6 Å². The minimum atomic E-state index is -5.66. The normalized spacial score (nSPS) is 12.8. The Morgan fingerprint density at radius 1 is 1.16 bits per heavy atom. The van der Waals surface area contributed by atoms with Crippen molar-refractivity contribution in [3.05, 3.63) is 35.4 Å². The lowest BCUT2D eigenvalue weighted by atomic mass is 10.1. The van der Waals surface area contributed by atoms with Crippen LogP contribution in [0.3, 0.4) is 0 Å². The molecule has 0 aliphatic heterocycles. The number of phenolic OH excluding ortho intramolecular Hbond substituents is 1. The van der Waals surface area contributed by atoms with Crippen LogP contribution in [0, 0.1) is 0 Å². The van der Waals surface area contributed by atoms with Crippen molar-refractivity contribution in [2.45, 2.75) is 10.4 Å². The molecule has 0 fully saturated rings. The van der Waals surface area contributed by atoms with E-state index in [4.69, 9.17) is 11.6 Å². The van der Waals surface area contributed by atoms with Gasteiger partial charge in [-0.3, -0.25) is 0 Å². The summed E-state index contributed by atoms with van der Waals surface area (Å²) in [5.41, 5.74) is -5.50. The molecule has 0 aliphatic rings. The third-order valence-corrected chi connectivity index (χ3v) is 4.40. The molecule has 1 N–H and O–H groups in total. The van der Waals surface area contributed by atoms with Gasteiger partial charge in [-0.1, -0.05) is 35.9 Å². The Kier molecular flexibility index (Phi) is 3.14. The van der Waals surface area contributed by atoms with E-state index in [-0.39, 0.29) is 10.8 Å². The van der Waals surface area contributed by atoms with Crippen molar-refractivity contribution in [1.29, 1.82) is 0 Å². The lowest BCUT2D eigenvalue weighted by Gasteiger charge is -2.12. The molecule has 2 rings (SSSR count). The summed E-state index contributed by atoms with van der Waals surface area (Å²) in [6.45, 7) is 0. The predicted molar refractivity (Wildman–Crippen MR) is 63.9 cm³/mol. The van der Waals surface area contributed by atoms with Gasteiger partial charge in [0.1, 0.15) is 4.90 Å². The monoisotopic (exact) mass is 310 g/mol. The second-order valence-electron chi connectivity index (χ2n) is 3.71. The number of aromatic hydroxyl groups is 1. The van der Waals surface area contributed by atoms with Gasteiger partial charge < -0.3 is 5.11 Å². The van der Waals surface area contributed by atoms with Gasteiger partial charge in [-0.05, 0) is 11.5 Å². The minimum absolute atomic E-state index is 0.188. The second kappa shape index (κ2) is 4.28. The van der Waals surface area contributed by atoms with Gasteiger partial charge in [-0.2, -0.15) is 13.2 Å². The number of alkyl halides is 3. The maximum absolute atomic E-state index is 12.5. The molecule has 19 heavy (non-hydrogen) atoms. The zero-order valence-corrected chi connectivity index (χ0v) is 10.6. The first kappa shape index (κ1) is 14.0. The Morgan fingerprint density at radius 2 is 1.74 bits per heavy atom. The first-order chi connectivity index (χ1) is 8.66. The van der Waals surface area contributed by atoms with E-state index >= 15 is 0 Å². The lowest BCUT2D eigenvalue weighted by molar-refractivity contribution is -0.0437. The molecule has 2 aromatic rings. The highest BCUT2D eigenvalue weighted by atomic mass is 35.5. The van der Waals surface area contributed by atoms with Crippen LogP contribution < -0.4 is 0 Å². The van der Waals surface area contributed by atoms with Crippen LogP contribution in [0.15, 0.2) is 35.2 Å².